The molecule has 15 heavy (non-hydrogen) atoms. The lowest BCUT2D eigenvalue weighted by Crippen LogP contribution is -2.15. The highest BCUT2D eigenvalue weighted by molar-refractivity contribution is 6.32. The molecular formula is C10H12ClNO3. The number of methoxy groups -OCH3 is 1. The first-order chi connectivity index (χ1) is 7.06. The van der Waals surface area contributed by atoms with Crippen LogP contribution in [0.15, 0.2) is 18.2 Å². The van der Waals surface area contributed by atoms with E-state index in [1.807, 2.05) is 0 Å². The Hall–Kier alpha value is -1.26. The molecule has 0 radical (unpaired) electrons. The van der Waals surface area contributed by atoms with Gasteiger partial charge in [-0.3, -0.25) is 4.79 Å². The average molecular weight is 230 g/mol. The van der Waals surface area contributed by atoms with Crippen LogP contribution in [-0.4, -0.2) is 18.2 Å². The molecule has 1 aromatic rings. The summed E-state index contributed by atoms with van der Waals surface area (Å²) in [5.74, 6) is -0.462. The quantitative estimate of drug-likeness (QED) is 0.826. The largest absolute Gasteiger partial charge is 0.495 e. The number of nitrogens with two attached hydrogens (primary N) is 1. The van der Waals surface area contributed by atoms with E-state index in [1.165, 1.54) is 7.11 Å². The van der Waals surface area contributed by atoms with Crippen molar-refractivity contribution < 1.29 is 14.6 Å². The van der Waals surface area contributed by atoms with Crippen LogP contribution in [0.1, 0.15) is 18.0 Å². The van der Waals surface area contributed by atoms with Crippen molar-refractivity contribution in [1.82, 2.24) is 0 Å². The van der Waals surface area contributed by atoms with Crippen LogP contribution in [0.25, 0.3) is 0 Å². The summed E-state index contributed by atoms with van der Waals surface area (Å²) < 4.78 is 5.01. The highest BCUT2D eigenvalue weighted by atomic mass is 35.5. The maximum Gasteiger partial charge on any atom is 0.305 e. The molecule has 82 valence electrons. The molecule has 0 saturated heterocycles. The summed E-state index contributed by atoms with van der Waals surface area (Å²) >= 11 is 5.99. The second-order valence-corrected chi connectivity index (χ2v) is 3.45. The van der Waals surface area contributed by atoms with Crippen LogP contribution in [0, 0.1) is 0 Å². The molecule has 0 aromatic heterocycles. The Balaban J connectivity index is 2.98. The van der Waals surface area contributed by atoms with Crippen LogP contribution in [0.3, 0.4) is 0 Å². The van der Waals surface area contributed by atoms with Crippen LogP contribution in [0.5, 0.6) is 5.75 Å². The van der Waals surface area contributed by atoms with Gasteiger partial charge in [-0.15, -0.1) is 0 Å². The summed E-state index contributed by atoms with van der Waals surface area (Å²) in [6, 6.07) is 4.49. The zero-order valence-corrected chi connectivity index (χ0v) is 8.99. The Morgan fingerprint density at radius 2 is 2.33 bits per heavy atom. The lowest BCUT2D eigenvalue weighted by molar-refractivity contribution is -0.137. The highest BCUT2D eigenvalue weighted by Gasteiger charge is 2.15. The van der Waals surface area contributed by atoms with Gasteiger partial charge in [0, 0.05) is 6.04 Å². The predicted molar refractivity (Wildman–Crippen MR) is 57.2 cm³/mol. The minimum absolute atomic E-state index is 0.160. The summed E-state index contributed by atoms with van der Waals surface area (Å²) in [5, 5.41) is 8.98. The van der Waals surface area contributed by atoms with E-state index in [1.54, 1.807) is 18.2 Å². The van der Waals surface area contributed by atoms with Gasteiger partial charge in [-0.25, -0.2) is 0 Å². The van der Waals surface area contributed by atoms with Gasteiger partial charge in [0.15, 0.2) is 0 Å². The molecule has 0 heterocycles. The zero-order valence-electron chi connectivity index (χ0n) is 8.24. The molecule has 1 aromatic carbocycles. The van der Waals surface area contributed by atoms with Crippen molar-refractivity contribution in [3.05, 3.63) is 28.8 Å². The van der Waals surface area contributed by atoms with E-state index in [0.29, 0.717) is 16.3 Å². The molecular weight excluding hydrogens is 218 g/mol. The number of hydrogen-bond donors (Lipinski definition) is 2. The van der Waals surface area contributed by atoms with Gasteiger partial charge in [0.2, 0.25) is 0 Å². The molecule has 5 heteroatoms. The van der Waals surface area contributed by atoms with Gasteiger partial charge < -0.3 is 15.6 Å². The van der Waals surface area contributed by atoms with Crippen LogP contribution in [-0.2, 0) is 4.79 Å². The Bertz CT molecular complexity index is 368. The van der Waals surface area contributed by atoms with Crippen molar-refractivity contribution in [1.29, 1.82) is 0 Å². The minimum atomic E-state index is -0.957. The maximum atomic E-state index is 10.5. The third-order valence-electron chi connectivity index (χ3n) is 2.01. The summed E-state index contributed by atoms with van der Waals surface area (Å²) in [5.41, 5.74) is 6.28. The Morgan fingerprint density at radius 3 is 2.87 bits per heavy atom. The standard InChI is InChI=1S/C10H12ClNO3/c1-15-8-4-2-3-6(10(8)11)7(12)5-9(13)14/h2-4,7H,5,12H2,1H3,(H,13,14). The number of rotatable bonds is 4. The van der Waals surface area contributed by atoms with E-state index in [0.717, 1.165) is 0 Å². The fraction of sp³-hybridized carbons (Fsp3) is 0.300. The van der Waals surface area contributed by atoms with Crippen molar-refractivity contribution in [2.24, 2.45) is 5.73 Å². The van der Waals surface area contributed by atoms with Crippen LogP contribution >= 0.6 is 11.6 Å². The minimum Gasteiger partial charge on any atom is -0.495 e. The fourth-order valence-electron chi connectivity index (χ4n) is 1.27. The number of hydrogen-bond acceptors (Lipinski definition) is 3. The number of halogens is 1. The van der Waals surface area contributed by atoms with Gasteiger partial charge in [0.05, 0.1) is 18.6 Å². The van der Waals surface area contributed by atoms with Gasteiger partial charge in [-0.1, -0.05) is 23.7 Å². The molecule has 0 bridgehead atoms. The second-order valence-electron chi connectivity index (χ2n) is 3.07. The van der Waals surface area contributed by atoms with Gasteiger partial charge in [0.1, 0.15) is 5.75 Å². The summed E-state index contributed by atoms with van der Waals surface area (Å²) in [7, 11) is 1.49. The normalized spacial score (nSPS) is 12.2. The molecule has 0 aliphatic rings. The number of carboxylic acid groups (broad SMARTS) is 1. The lowest BCUT2D eigenvalue weighted by Gasteiger charge is -2.13. The number of carboxylic acids is 1. The molecule has 3 N–H and O–H groups in total. The molecule has 1 rings (SSSR count). The maximum absolute atomic E-state index is 10.5. The van der Waals surface area contributed by atoms with Crippen LogP contribution in [0.2, 0.25) is 5.02 Å². The predicted octanol–water partition coefficient (Wildman–Crippen LogP) is 1.82. The molecule has 0 aliphatic heterocycles. The Labute approximate surface area is 92.6 Å². The van der Waals surface area contributed by atoms with E-state index >= 15 is 0 Å². The second kappa shape index (κ2) is 5.00. The van der Waals surface area contributed by atoms with E-state index < -0.39 is 12.0 Å². The number of carbonyl (C=O) groups is 1. The first-order valence-corrected chi connectivity index (χ1v) is 4.73. The molecule has 4 nitrogen and oxygen atoms in total. The van der Waals surface area contributed by atoms with E-state index in [-0.39, 0.29) is 6.42 Å². The van der Waals surface area contributed by atoms with E-state index in [4.69, 9.17) is 27.2 Å². The van der Waals surface area contributed by atoms with Gasteiger partial charge >= 0.3 is 5.97 Å². The van der Waals surface area contributed by atoms with E-state index in [2.05, 4.69) is 0 Å². The highest BCUT2D eigenvalue weighted by Crippen LogP contribution is 2.31. The first kappa shape index (κ1) is 11.8. The molecule has 1 atom stereocenters. The molecule has 0 aliphatic carbocycles. The lowest BCUT2D eigenvalue weighted by atomic mass is 10.0. The molecule has 0 fully saturated rings. The van der Waals surface area contributed by atoms with Crippen LogP contribution in [0.4, 0.5) is 0 Å². The SMILES string of the molecule is COc1cccc(C(N)CC(=O)O)c1Cl. The number of aliphatic carboxylic acids is 1. The third-order valence-corrected chi connectivity index (χ3v) is 2.41. The molecule has 0 saturated carbocycles. The number of ether oxygens (including phenoxy) is 1. The molecule has 0 amide bonds. The topological polar surface area (TPSA) is 72.5 Å². The van der Waals surface area contributed by atoms with Crippen molar-refractivity contribution >= 4 is 17.6 Å². The van der Waals surface area contributed by atoms with Crippen molar-refractivity contribution in [3.8, 4) is 5.75 Å². The summed E-state index contributed by atoms with van der Waals surface area (Å²) in [6.45, 7) is 0. The Morgan fingerprint density at radius 1 is 1.67 bits per heavy atom. The zero-order chi connectivity index (χ0) is 11.4. The smallest absolute Gasteiger partial charge is 0.305 e. The summed E-state index contributed by atoms with van der Waals surface area (Å²) in [6.07, 6.45) is -0.160. The fourth-order valence-corrected chi connectivity index (χ4v) is 1.61. The van der Waals surface area contributed by atoms with Crippen molar-refractivity contribution in [2.45, 2.75) is 12.5 Å². The monoisotopic (exact) mass is 229 g/mol. The van der Waals surface area contributed by atoms with Crippen molar-refractivity contribution in [3.63, 3.8) is 0 Å². The van der Waals surface area contributed by atoms with Gasteiger partial charge in [0.25, 0.3) is 0 Å². The summed E-state index contributed by atoms with van der Waals surface area (Å²) in [4.78, 5) is 10.5. The average Bonchev–Trinajstić information content (AvgIpc) is 2.17. The van der Waals surface area contributed by atoms with Crippen molar-refractivity contribution in [2.75, 3.05) is 7.11 Å². The van der Waals surface area contributed by atoms with E-state index in [9.17, 15) is 4.79 Å². The molecule has 1 unspecified atom stereocenters. The Kier molecular flexibility index (Phi) is 3.94. The first-order valence-electron chi connectivity index (χ1n) is 4.36. The van der Waals surface area contributed by atoms with Gasteiger partial charge in [-0.05, 0) is 11.6 Å². The molecule has 0 spiro atoms. The van der Waals surface area contributed by atoms with Gasteiger partial charge in [-0.2, -0.15) is 0 Å². The number of benzene rings is 1. The van der Waals surface area contributed by atoms with Crippen LogP contribution < -0.4 is 10.5 Å². The third kappa shape index (κ3) is 2.84.